The Hall–Kier alpha value is -2.74. The smallest absolute Gasteiger partial charge is 0.261 e. The van der Waals surface area contributed by atoms with Gasteiger partial charge in [0.25, 0.3) is 10.0 Å². The summed E-state index contributed by atoms with van der Waals surface area (Å²) in [6.07, 6.45) is 1.60. The number of nitrogens with one attached hydrogen (secondary N) is 2. The molecule has 0 saturated carbocycles. The van der Waals surface area contributed by atoms with E-state index in [1.807, 2.05) is 6.92 Å². The molecule has 8 heteroatoms. The van der Waals surface area contributed by atoms with Gasteiger partial charge in [-0.1, -0.05) is 0 Å². The fraction of sp³-hybridized carbons (Fsp3) is 0.188. The number of H-pyrrole nitrogens is 1. The van der Waals surface area contributed by atoms with Crippen LogP contribution in [-0.4, -0.2) is 32.3 Å². The summed E-state index contributed by atoms with van der Waals surface area (Å²) >= 11 is 0. The Morgan fingerprint density at radius 1 is 1.17 bits per heavy atom. The third-order valence-corrected chi connectivity index (χ3v) is 4.87. The van der Waals surface area contributed by atoms with Crippen LogP contribution in [0, 0.1) is 0 Å². The Labute approximate surface area is 139 Å². The molecule has 0 bridgehead atoms. The highest BCUT2D eigenvalue weighted by Crippen LogP contribution is 2.31. The number of aromatic nitrogens is 2. The number of aromatic amines is 1. The van der Waals surface area contributed by atoms with Crippen LogP contribution in [0.25, 0.3) is 10.9 Å². The molecule has 0 saturated heterocycles. The van der Waals surface area contributed by atoms with Gasteiger partial charge in [0, 0.05) is 0 Å². The summed E-state index contributed by atoms with van der Waals surface area (Å²) in [4.78, 5) is 0.143. The van der Waals surface area contributed by atoms with Crippen molar-refractivity contribution in [3.63, 3.8) is 0 Å². The van der Waals surface area contributed by atoms with Gasteiger partial charge >= 0.3 is 0 Å². The SMILES string of the molecule is CCOc1ccc(NS(=O)(=O)c2ccc(OC)cc2)c2[nH]ncc12. The lowest BCUT2D eigenvalue weighted by atomic mass is 10.2. The first-order valence-corrected chi connectivity index (χ1v) is 8.79. The molecule has 0 aliphatic rings. The number of ether oxygens (including phenoxy) is 2. The molecule has 2 N–H and O–H groups in total. The van der Waals surface area contributed by atoms with Gasteiger partial charge in [0.1, 0.15) is 11.5 Å². The van der Waals surface area contributed by atoms with Crippen molar-refractivity contribution in [2.45, 2.75) is 11.8 Å². The molecule has 3 rings (SSSR count). The van der Waals surface area contributed by atoms with Gasteiger partial charge in [-0.3, -0.25) is 9.82 Å². The molecule has 0 fully saturated rings. The van der Waals surface area contributed by atoms with Crippen LogP contribution in [0.5, 0.6) is 11.5 Å². The lowest BCUT2D eigenvalue weighted by Gasteiger charge is -2.11. The van der Waals surface area contributed by atoms with Crippen molar-refractivity contribution in [3.8, 4) is 11.5 Å². The van der Waals surface area contributed by atoms with E-state index >= 15 is 0 Å². The molecular weight excluding hydrogens is 330 g/mol. The van der Waals surface area contributed by atoms with Crippen molar-refractivity contribution in [2.24, 2.45) is 0 Å². The largest absolute Gasteiger partial charge is 0.497 e. The van der Waals surface area contributed by atoms with Crippen LogP contribution < -0.4 is 14.2 Å². The topological polar surface area (TPSA) is 93.3 Å². The fourth-order valence-corrected chi connectivity index (χ4v) is 3.41. The number of methoxy groups -OCH3 is 1. The van der Waals surface area contributed by atoms with Gasteiger partial charge in [0.15, 0.2) is 0 Å². The zero-order chi connectivity index (χ0) is 17.2. The van der Waals surface area contributed by atoms with E-state index in [-0.39, 0.29) is 4.90 Å². The summed E-state index contributed by atoms with van der Waals surface area (Å²) < 4.78 is 38.3. The standard InChI is InChI=1S/C16H17N3O4S/c1-3-23-15-9-8-14(16-13(15)10-17-18-16)19-24(20,21)12-6-4-11(22-2)5-7-12/h4-10,19H,3H2,1-2H3,(H,17,18). The molecule has 126 valence electrons. The van der Waals surface area contributed by atoms with Crippen molar-refractivity contribution < 1.29 is 17.9 Å². The van der Waals surface area contributed by atoms with E-state index in [2.05, 4.69) is 14.9 Å². The first-order valence-electron chi connectivity index (χ1n) is 7.31. The average molecular weight is 347 g/mol. The normalized spacial score (nSPS) is 11.4. The van der Waals surface area contributed by atoms with Crippen molar-refractivity contribution in [2.75, 3.05) is 18.4 Å². The van der Waals surface area contributed by atoms with E-state index < -0.39 is 10.0 Å². The van der Waals surface area contributed by atoms with Gasteiger partial charge in [0.2, 0.25) is 0 Å². The maximum absolute atomic E-state index is 12.6. The van der Waals surface area contributed by atoms with Gasteiger partial charge in [0.05, 0.1) is 41.4 Å². The zero-order valence-corrected chi connectivity index (χ0v) is 14.1. The van der Waals surface area contributed by atoms with E-state index in [0.717, 1.165) is 0 Å². The Morgan fingerprint density at radius 2 is 1.92 bits per heavy atom. The minimum atomic E-state index is -3.73. The Morgan fingerprint density at radius 3 is 2.58 bits per heavy atom. The second-order valence-electron chi connectivity index (χ2n) is 4.98. The van der Waals surface area contributed by atoms with E-state index in [1.54, 1.807) is 30.5 Å². The number of hydrogen-bond donors (Lipinski definition) is 2. The minimum absolute atomic E-state index is 0.143. The molecule has 2 aromatic carbocycles. The molecular formula is C16H17N3O4S. The summed E-state index contributed by atoms with van der Waals surface area (Å²) in [5.41, 5.74) is 0.972. The number of fused-ring (bicyclic) bond motifs is 1. The molecule has 3 aromatic rings. The van der Waals surface area contributed by atoms with Crippen LogP contribution in [0.1, 0.15) is 6.92 Å². The van der Waals surface area contributed by atoms with Crippen LogP contribution in [0.4, 0.5) is 5.69 Å². The van der Waals surface area contributed by atoms with Crippen LogP contribution in [-0.2, 0) is 10.0 Å². The van der Waals surface area contributed by atoms with E-state index in [4.69, 9.17) is 9.47 Å². The van der Waals surface area contributed by atoms with Crippen LogP contribution in [0.3, 0.4) is 0 Å². The Bertz CT molecular complexity index is 949. The summed E-state index contributed by atoms with van der Waals surface area (Å²) in [5.74, 6) is 1.24. The van der Waals surface area contributed by atoms with E-state index in [1.165, 1.54) is 19.2 Å². The lowest BCUT2D eigenvalue weighted by Crippen LogP contribution is -2.13. The highest BCUT2D eigenvalue weighted by Gasteiger charge is 2.17. The predicted molar refractivity (Wildman–Crippen MR) is 91.1 cm³/mol. The van der Waals surface area contributed by atoms with Gasteiger partial charge in [-0.2, -0.15) is 5.10 Å². The molecule has 7 nitrogen and oxygen atoms in total. The molecule has 0 radical (unpaired) electrons. The number of nitrogens with zero attached hydrogens (tertiary/aromatic N) is 1. The molecule has 0 unspecified atom stereocenters. The quantitative estimate of drug-likeness (QED) is 0.715. The number of anilines is 1. The highest BCUT2D eigenvalue weighted by molar-refractivity contribution is 7.92. The molecule has 1 heterocycles. The Balaban J connectivity index is 1.96. The van der Waals surface area contributed by atoms with Gasteiger partial charge in [-0.15, -0.1) is 0 Å². The van der Waals surface area contributed by atoms with Crippen LogP contribution in [0.15, 0.2) is 47.5 Å². The van der Waals surface area contributed by atoms with Crippen molar-refractivity contribution >= 4 is 26.6 Å². The lowest BCUT2D eigenvalue weighted by molar-refractivity contribution is 0.344. The second kappa shape index (κ2) is 6.40. The number of rotatable bonds is 6. The third kappa shape index (κ3) is 3.00. The maximum atomic E-state index is 12.6. The number of hydrogen-bond acceptors (Lipinski definition) is 5. The summed E-state index contributed by atoms with van der Waals surface area (Å²) in [7, 11) is -2.20. The van der Waals surface area contributed by atoms with Crippen molar-refractivity contribution in [1.29, 1.82) is 0 Å². The van der Waals surface area contributed by atoms with Crippen LogP contribution >= 0.6 is 0 Å². The summed E-state index contributed by atoms with van der Waals surface area (Å²) in [6, 6.07) is 9.52. The van der Waals surface area contributed by atoms with Crippen LogP contribution in [0.2, 0.25) is 0 Å². The Kier molecular flexibility index (Phi) is 4.30. The predicted octanol–water partition coefficient (Wildman–Crippen LogP) is 2.77. The molecule has 0 aliphatic heterocycles. The van der Waals surface area contributed by atoms with E-state index in [9.17, 15) is 8.42 Å². The maximum Gasteiger partial charge on any atom is 0.261 e. The second-order valence-corrected chi connectivity index (χ2v) is 6.67. The molecule has 1 aromatic heterocycles. The van der Waals surface area contributed by atoms with Gasteiger partial charge in [-0.25, -0.2) is 8.42 Å². The van der Waals surface area contributed by atoms with Gasteiger partial charge in [-0.05, 0) is 43.3 Å². The summed E-state index contributed by atoms with van der Waals surface area (Å²) in [6.45, 7) is 2.39. The molecule has 24 heavy (non-hydrogen) atoms. The molecule has 0 atom stereocenters. The first-order chi connectivity index (χ1) is 11.5. The molecule has 0 amide bonds. The fourth-order valence-electron chi connectivity index (χ4n) is 2.34. The zero-order valence-electron chi connectivity index (χ0n) is 13.2. The first kappa shape index (κ1) is 16.1. The van der Waals surface area contributed by atoms with Gasteiger partial charge < -0.3 is 9.47 Å². The molecule has 0 aliphatic carbocycles. The van der Waals surface area contributed by atoms with E-state index in [0.29, 0.717) is 34.7 Å². The third-order valence-electron chi connectivity index (χ3n) is 3.49. The molecule has 0 spiro atoms. The monoisotopic (exact) mass is 347 g/mol. The number of benzene rings is 2. The number of sulfonamides is 1. The van der Waals surface area contributed by atoms with Crippen molar-refractivity contribution in [3.05, 3.63) is 42.6 Å². The average Bonchev–Trinajstić information content (AvgIpc) is 3.07. The highest BCUT2D eigenvalue weighted by atomic mass is 32.2. The summed E-state index contributed by atoms with van der Waals surface area (Å²) in [5, 5.41) is 7.49. The van der Waals surface area contributed by atoms with Crippen molar-refractivity contribution in [1.82, 2.24) is 10.2 Å². The minimum Gasteiger partial charge on any atom is -0.497 e.